The zero-order chi connectivity index (χ0) is 15.2. The van der Waals surface area contributed by atoms with Gasteiger partial charge in [0.05, 0.1) is 6.42 Å². The van der Waals surface area contributed by atoms with Crippen LogP contribution in [0.3, 0.4) is 0 Å². The van der Waals surface area contributed by atoms with Gasteiger partial charge >= 0.3 is 0 Å². The molecule has 0 saturated carbocycles. The van der Waals surface area contributed by atoms with Gasteiger partial charge in [-0.1, -0.05) is 30.2 Å². The molecule has 1 fully saturated rings. The zero-order valence-electron chi connectivity index (χ0n) is 12.9. The highest BCUT2D eigenvalue weighted by Crippen LogP contribution is 2.15. The predicted molar refractivity (Wildman–Crippen MR) is 87.6 cm³/mol. The molecule has 0 bridgehead atoms. The van der Waals surface area contributed by atoms with Crippen LogP contribution in [-0.2, 0) is 11.2 Å². The van der Waals surface area contributed by atoms with Crippen LogP contribution < -0.4 is 5.32 Å². The van der Waals surface area contributed by atoms with Gasteiger partial charge in [0.1, 0.15) is 0 Å². The monoisotopic (exact) mass is 308 g/mol. The molecule has 1 aromatic carbocycles. The third-order valence-electron chi connectivity index (χ3n) is 4.02. The molecule has 1 aliphatic heterocycles. The first kappa shape index (κ1) is 16.3. The van der Waals surface area contributed by atoms with Crippen LogP contribution in [-0.4, -0.2) is 36.0 Å². The molecular weight excluding hydrogens is 284 g/mol. The third kappa shape index (κ3) is 5.01. The lowest BCUT2D eigenvalue weighted by atomic mass is 10.0. The quantitative estimate of drug-likeness (QED) is 0.905. The molecule has 21 heavy (non-hydrogen) atoms. The van der Waals surface area contributed by atoms with Crippen LogP contribution in [0.5, 0.6) is 0 Å². The fourth-order valence-corrected chi connectivity index (χ4v) is 3.05. The Balaban J connectivity index is 1.98. The molecule has 0 aromatic heterocycles. The second kappa shape index (κ2) is 7.81. The largest absolute Gasteiger partial charge is 0.338 e. The van der Waals surface area contributed by atoms with Gasteiger partial charge in [0.2, 0.25) is 5.91 Å². The topological polar surface area (TPSA) is 32.3 Å². The van der Waals surface area contributed by atoms with E-state index in [-0.39, 0.29) is 11.9 Å². The number of hydrogen-bond donors (Lipinski definition) is 1. The van der Waals surface area contributed by atoms with E-state index in [4.69, 9.17) is 11.6 Å². The fraction of sp³-hybridized carbons (Fsp3) is 0.588. The molecule has 0 spiro atoms. The van der Waals surface area contributed by atoms with Gasteiger partial charge in [0.15, 0.2) is 0 Å². The van der Waals surface area contributed by atoms with E-state index in [9.17, 15) is 4.79 Å². The van der Waals surface area contributed by atoms with Crippen molar-refractivity contribution >= 4 is 17.5 Å². The van der Waals surface area contributed by atoms with Gasteiger partial charge in [-0.3, -0.25) is 4.79 Å². The first-order valence-electron chi connectivity index (χ1n) is 7.83. The summed E-state index contributed by atoms with van der Waals surface area (Å²) in [5, 5.41) is 4.20. The van der Waals surface area contributed by atoms with E-state index in [1.165, 1.54) is 12.8 Å². The number of halogens is 1. The Kier molecular flexibility index (Phi) is 6.07. The van der Waals surface area contributed by atoms with Gasteiger partial charge in [-0.15, -0.1) is 0 Å². The molecule has 1 N–H and O–H groups in total. The molecule has 0 aliphatic carbocycles. The van der Waals surface area contributed by atoms with Crippen molar-refractivity contribution in [3.05, 3.63) is 34.9 Å². The van der Waals surface area contributed by atoms with Gasteiger partial charge in [-0.05, 0) is 50.9 Å². The van der Waals surface area contributed by atoms with E-state index in [2.05, 4.69) is 19.2 Å². The molecule has 1 aliphatic rings. The van der Waals surface area contributed by atoms with Crippen LogP contribution >= 0.6 is 11.6 Å². The highest BCUT2D eigenvalue weighted by Gasteiger charge is 2.22. The summed E-state index contributed by atoms with van der Waals surface area (Å²) in [6.07, 6.45) is 4.08. The summed E-state index contributed by atoms with van der Waals surface area (Å²) in [4.78, 5) is 14.6. The number of amides is 1. The second-order valence-electron chi connectivity index (χ2n) is 6.09. The number of carbonyl (C=O) groups is 1. The Morgan fingerprint density at radius 2 is 2.24 bits per heavy atom. The lowest BCUT2D eigenvalue weighted by molar-refractivity contribution is -0.132. The molecule has 1 saturated heterocycles. The normalized spacial score (nSPS) is 18.8. The first-order valence-corrected chi connectivity index (χ1v) is 8.21. The zero-order valence-corrected chi connectivity index (χ0v) is 13.7. The number of nitrogens with one attached hydrogen (secondary N) is 1. The molecule has 1 unspecified atom stereocenters. The molecule has 0 radical (unpaired) electrons. The second-order valence-corrected chi connectivity index (χ2v) is 6.53. The lowest BCUT2D eigenvalue weighted by Gasteiger charge is -2.33. The van der Waals surface area contributed by atoms with Crippen LogP contribution in [0.4, 0.5) is 0 Å². The lowest BCUT2D eigenvalue weighted by Crippen LogP contribution is -2.48. The average molecular weight is 309 g/mol. The van der Waals surface area contributed by atoms with Crippen molar-refractivity contribution < 1.29 is 4.79 Å². The van der Waals surface area contributed by atoms with Crippen LogP contribution in [0.2, 0.25) is 5.02 Å². The van der Waals surface area contributed by atoms with Crippen molar-refractivity contribution in [3.63, 3.8) is 0 Å². The van der Waals surface area contributed by atoms with Gasteiger partial charge < -0.3 is 10.2 Å². The SMILES string of the molecule is CC(C)N(CC1CCCCN1)C(=O)Cc1cccc(Cl)c1. The molecule has 1 aromatic rings. The van der Waals surface area contributed by atoms with Crippen molar-refractivity contribution in [2.24, 2.45) is 0 Å². The molecule has 3 nitrogen and oxygen atoms in total. The van der Waals surface area contributed by atoms with Crippen molar-refractivity contribution in [1.29, 1.82) is 0 Å². The van der Waals surface area contributed by atoms with Crippen molar-refractivity contribution in [3.8, 4) is 0 Å². The van der Waals surface area contributed by atoms with Crippen molar-refractivity contribution in [2.75, 3.05) is 13.1 Å². The summed E-state index contributed by atoms with van der Waals surface area (Å²) in [7, 11) is 0. The molecule has 1 heterocycles. The first-order chi connectivity index (χ1) is 10.1. The van der Waals surface area contributed by atoms with E-state index < -0.39 is 0 Å². The minimum atomic E-state index is 0.180. The summed E-state index contributed by atoms with van der Waals surface area (Å²) >= 11 is 5.99. The molecule has 1 atom stereocenters. The van der Waals surface area contributed by atoms with Gasteiger partial charge in [0, 0.05) is 23.7 Å². The maximum absolute atomic E-state index is 12.6. The van der Waals surface area contributed by atoms with Gasteiger partial charge in [-0.2, -0.15) is 0 Å². The van der Waals surface area contributed by atoms with Gasteiger partial charge in [0.25, 0.3) is 0 Å². The summed E-state index contributed by atoms with van der Waals surface area (Å²) in [6, 6.07) is 8.22. The van der Waals surface area contributed by atoms with Crippen LogP contribution in [0, 0.1) is 0 Å². The third-order valence-corrected chi connectivity index (χ3v) is 4.25. The highest BCUT2D eigenvalue weighted by atomic mass is 35.5. The Labute approximate surface area is 132 Å². The predicted octanol–water partition coefficient (Wildman–Crippen LogP) is 3.26. The molecule has 116 valence electrons. The Morgan fingerprint density at radius 3 is 2.86 bits per heavy atom. The van der Waals surface area contributed by atoms with E-state index in [1.807, 2.05) is 29.2 Å². The minimum Gasteiger partial charge on any atom is -0.338 e. The summed E-state index contributed by atoms with van der Waals surface area (Å²) < 4.78 is 0. The van der Waals surface area contributed by atoms with Crippen molar-refractivity contribution in [2.45, 2.75) is 51.6 Å². The maximum Gasteiger partial charge on any atom is 0.227 e. The summed E-state index contributed by atoms with van der Waals surface area (Å²) in [5.41, 5.74) is 0.981. The standard InChI is InChI=1S/C17H25ClN2O/c1-13(2)20(12-16-8-3-4-9-19-16)17(21)11-14-6-5-7-15(18)10-14/h5-7,10,13,16,19H,3-4,8-9,11-12H2,1-2H3. The maximum atomic E-state index is 12.6. The number of rotatable bonds is 5. The Bertz CT molecular complexity index is 470. The molecular formula is C17H25ClN2O. The smallest absolute Gasteiger partial charge is 0.227 e. The number of carbonyl (C=O) groups excluding carboxylic acids is 1. The van der Waals surface area contributed by atoms with E-state index in [0.29, 0.717) is 17.5 Å². The minimum absolute atomic E-state index is 0.180. The number of hydrogen-bond acceptors (Lipinski definition) is 2. The number of piperidine rings is 1. The molecule has 1 amide bonds. The Morgan fingerprint density at radius 1 is 1.43 bits per heavy atom. The van der Waals surface area contributed by atoms with Crippen LogP contribution in [0.1, 0.15) is 38.7 Å². The van der Waals surface area contributed by atoms with Gasteiger partial charge in [-0.25, -0.2) is 0 Å². The average Bonchev–Trinajstić information content (AvgIpc) is 2.45. The molecule has 2 rings (SSSR count). The van der Waals surface area contributed by atoms with Crippen molar-refractivity contribution in [1.82, 2.24) is 10.2 Å². The van der Waals surface area contributed by atoms with E-state index in [0.717, 1.165) is 25.1 Å². The van der Waals surface area contributed by atoms with E-state index in [1.54, 1.807) is 0 Å². The highest BCUT2D eigenvalue weighted by molar-refractivity contribution is 6.30. The summed E-state index contributed by atoms with van der Waals surface area (Å²) in [5.74, 6) is 0.180. The fourth-order valence-electron chi connectivity index (χ4n) is 2.84. The number of benzene rings is 1. The number of nitrogens with zero attached hydrogens (tertiary/aromatic N) is 1. The summed E-state index contributed by atoms with van der Waals surface area (Å²) in [6.45, 7) is 6.04. The van der Waals surface area contributed by atoms with Crippen LogP contribution in [0.25, 0.3) is 0 Å². The molecule has 4 heteroatoms. The Hall–Kier alpha value is -1.06. The van der Waals surface area contributed by atoms with Crippen LogP contribution in [0.15, 0.2) is 24.3 Å². The van der Waals surface area contributed by atoms with E-state index >= 15 is 0 Å².